The molecule has 0 heterocycles. The molecule has 0 aliphatic heterocycles. The van der Waals surface area contributed by atoms with Gasteiger partial charge in [-0.2, -0.15) is 4.39 Å². The van der Waals surface area contributed by atoms with Crippen LogP contribution in [-0.4, -0.2) is 16.4 Å². The van der Waals surface area contributed by atoms with E-state index in [4.69, 9.17) is 0 Å². The third-order valence-corrected chi connectivity index (χ3v) is 4.04. The second-order valence-electron chi connectivity index (χ2n) is 4.92. The van der Waals surface area contributed by atoms with Crippen molar-refractivity contribution in [1.29, 1.82) is 0 Å². The quantitative estimate of drug-likeness (QED) is 0.430. The number of nitrogens with zero attached hydrogens (tertiary/aromatic N) is 2. The summed E-state index contributed by atoms with van der Waals surface area (Å²) in [7, 11) is 0. The summed E-state index contributed by atoms with van der Waals surface area (Å²) in [5.74, 6) is -4.65. The Balaban J connectivity index is 2.60. The van der Waals surface area contributed by atoms with Gasteiger partial charge in [0.1, 0.15) is 0 Å². The van der Waals surface area contributed by atoms with Gasteiger partial charge in [0.05, 0.1) is 10.5 Å². The maximum absolute atomic E-state index is 15.4. The Morgan fingerprint density at radius 2 is 1.61 bits per heavy atom. The Hall–Kier alpha value is -2.35. The number of rotatable bonds is 6. The predicted molar refractivity (Wildman–Crippen MR) is 85.0 cm³/mol. The molecule has 2 aromatic carbocycles. The summed E-state index contributed by atoms with van der Waals surface area (Å²) in [4.78, 5) is 20.6. The van der Waals surface area contributed by atoms with Gasteiger partial charge in [0.15, 0.2) is 5.92 Å². The molecule has 0 bridgehead atoms. The fourth-order valence-corrected chi connectivity index (χ4v) is 2.66. The summed E-state index contributed by atoms with van der Waals surface area (Å²) in [5.41, 5.74) is -0.0345. The van der Waals surface area contributed by atoms with E-state index in [1.807, 2.05) is 0 Å². The number of nitro groups is 2. The summed E-state index contributed by atoms with van der Waals surface area (Å²) in [6.45, 7) is -0.895. The lowest BCUT2D eigenvalue weighted by atomic mass is 9.85. The molecule has 0 unspecified atom stereocenters. The summed E-state index contributed by atoms with van der Waals surface area (Å²) in [6.07, 6.45) is 0. The number of benzene rings is 2. The maximum Gasteiger partial charge on any atom is 0.397 e. The zero-order valence-electron chi connectivity index (χ0n) is 11.8. The van der Waals surface area contributed by atoms with Crippen molar-refractivity contribution in [2.45, 2.75) is 11.7 Å². The van der Waals surface area contributed by atoms with Crippen LogP contribution >= 0.6 is 15.9 Å². The van der Waals surface area contributed by atoms with Gasteiger partial charge in [0.2, 0.25) is 6.54 Å². The molecule has 0 aromatic heterocycles. The first-order valence-electron chi connectivity index (χ1n) is 6.62. The van der Waals surface area contributed by atoms with Crippen molar-refractivity contribution >= 4 is 15.9 Å². The third kappa shape index (κ3) is 3.53. The van der Waals surface area contributed by atoms with Crippen LogP contribution in [0.25, 0.3) is 0 Å². The summed E-state index contributed by atoms with van der Waals surface area (Å²) >= 11 is 3.21. The molecule has 120 valence electrons. The summed E-state index contributed by atoms with van der Waals surface area (Å²) in [6, 6.07) is 13.0. The Morgan fingerprint density at radius 1 is 1.04 bits per heavy atom. The molecule has 0 radical (unpaired) electrons. The van der Waals surface area contributed by atoms with Crippen molar-refractivity contribution in [3.8, 4) is 0 Å². The monoisotopic (exact) mass is 382 g/mol. The largest absolute Gasteiger partial charge is 0.397 e. The van der Waals surface area contributed by atoms with Gasteiger partial charge in [-0.05, 0) is 29.8 Å². The van der Waals surface area contributed by atoms with Gasteiger partial charge in [-0.3, -0.25) is 20.2 Å². The molecule has 23 heavy (non-hydrogen) atoms. The average Bonchev–Trinajstić information content (AvgIpc) is 2.53. The molecule has 0 aliphatic carbocycles. The third-order valence-electron chi connectivity index (χ3n) is 3.51. The number of halogens is 2. The van der Waals surface area contributed by atoms with Crippen LogP contribution in [0.5, 0.6) is 0 Å². The normalized spacial score (nSPS) is 14.7. The lowest BCUT2D eigenvalue weighted by molar-refractivity contribution is -0.632. The van der Waals surface area contributed by atoms with E-state index in [1.54, 1.807) is 18.2 Å². The SMILES string of the molecule is O=[N+]([O-])C[C@H](c1ccc(Br)cc1)[C@](F)(c1ccccc1)[N+](=O)[O-]. The van der Waals surface area contributed by atoms with Crippen molar-refractivity contribution < 1.29 is 14.2 Å². The Kier molecular flexibility index (Phi) is 5.05. The molecular weight excluding hydrogens is 371 g/mol. The first kappa shape index (κ1) is 17.0. The van der Waals surface area contributed by atoms with Crippen LogP contribution in [0.4, 0.5) is 4.39 Å². The van der Waals surface area contributed by atoms with Crippen LogP contribution in [0, 0.1) is 20.2 Å². The van der Waals surface area contributed by atoms with Gasteiger partial charge in [0, 0.05) is 9.40 Å². The van der Waals surface area contributed by atoms with Gasteiger partial charge in [0.25, 0.3) is 0 Å². The minimum Gasteiger partial charge on any atom is -0.265 e. The number of hydrogen-bond donors (Lipinski definition) is 0. The van der Waals surface area contributed by atoms with Crippen LogP contribution in [0.2, 0.25) is 0 Å². The van der Waals surface area contributed by atoms with E-state index in [0.717, 1.165) is 0 Å². The molecule has 0 aliphatic rings. The molecule has 2 rings (SSSR count). The molecule has 0 N–H and O–H groups in total. The van der Waals surface area contributed by atoms with Crippen LogP contribution in [0.1, 0.15) is 17.0 Å². The van der Waals surface area contributed by atoms with E-state index in [1.165, 1.54) is 36.4 Å². The standard InChI is InChI=1S/C15H12BrFN2O4/c16-13-8-6-11(7-9-13)14(10-18(20)21)15(17,19(22)23)12-4-2-1-3-5-12/h1-9,14H,10H2/t14-,15+/m1/s1. The first-order chi connectivity index (χ1) is 10.9. The van der Waals surface area contributed by atoms with Crippen molar-refractivity contribution in [2.75, 3.05) is 6.54 Å². The topological polar surface area (TPSA) is 86.3 Å². The Labute approximate surface area is 139 Å². The molecular formula is C15H12BrFN2O4. The van der Waals surface area contributed by atoms with Crippen molar-refractivity contribution in [2.24, 2.45) is 0 Å². The fraction of sp³-hybridized carbons (Fsp3) is 0.200. The maximum atomic E-state index is 15.4. The molecule has 2 atom stereocenters. The van der Waals surface area contributed by atoms with Gasteiger partial charge < -0.3 is 0 Å². The van der Waals surface area contributed by atoms with Crippen LogP contribution in [-0.2, 0) is 5.79 Å². The highest BCUT2D eigenvalue weighted by Crippen LogP contribution is 2.41. The Bertz CT molecular complexity index is 711. The second kappa shape index (κ2) is 6.82. The van der Waals surface area contributed by atoms with Gasteiger partial charge in [-0.1, -0.05) is 46.3 Å². The molecule has 0 fully saturated rings. The summed E-state index contributed by atoms with van der Waals surface area (Å²) < 4.78 is 16.1. The minimum atomic E-state index is -3.10. The van der Waals surface area contributed by atoms with E-state index in [2.05, 4.69) is 15.9 Å². The molecule has 0 saturated heterocycles. The van der Waals surface area contributed by atoms with Gasteiger partial charge >= 0.3 is 5.79 Å². The number of hydrogen-bond acceptors (Lipinski definition) is 4. The minimum absolute atomic E-state index is 0.188. The summed E-state index contributed by atoms with van der Waals surface area (Å²) in [5, 5.41) is 22.4. The van der Waals surface area contributed by atoms with E-state index >= 15 is 4.39 Å². The highest BCUT2D eigenvalue weighted by Gasteiger charge is 2.56. The lowest BCUT2D eigenvalue weighted by Crippen LogP contribution is -2.40. The van der Waals surface area contributed by atoms with E-state index in [9.17, 15) is 20.2 Å². The van der Waals surface area contributed by atoms with Gasteiger partial charge in [-0.25, -0.2) is 0 Å². The Morgan fingerprint density at radius 3 is 2.09 bits per heavy atom. The molecule has 0 spiro atoms. The molecule has 8 heteroatoms. The lowest BCUT2D eigenvalue weighted by Gasteiger charge is -2.24. The van der Waals surface area contributed by atoms with E-state index < -0.39 is 28.1 Å². The second-order valence-corrected chi connectivity index (χ2v) is 5.83. The zero-order valence-corrected chi connectivity index (χ0v) is 13.3. The van der Waals surface area contributed by atoms with E-state index in [0.29, 0.717) is 4.47 Å². The van der Waals surface area contributed by atoms with Crippen molar-refractivity contribution in [3.63, 3.8) is 0 Å². The number of alkyl halides is 1. The zero-order chi connectivity index (χ0) is 17.0. The van der Waals surface area contributed by atoms with Crippen molar-refractivity contribution in [3.05, 3.63) is 90.4 Å². The van der Waals surface area contributed by atoms with Crippen LogP contribution in [0.3, 0.4) is 0 Å². The molecule has 6 nitrogen and oxygen atoms in total. The van der Waals surface area contributed by atoms with Gasteiger partial charge in [-0.15, -0.1) is 0 Å². The molecule has 0 saturated carbocycles. The fourth-order valence-electron chi connectivity index (χ4n) is 2.40. The van der Waals surface area contributed by atoms with Crippen LogP contribution in [0.15, 0.2) is 59.1 Å². The predicted octanol–water partition coefficient (Wildman–Crippen LogP) is 3.91. The smallest absolute Gasteiger partial charge is 0.265 e. The van der Waals surface area contributed by atoms with Crippen LogP contribution < -0.4 is 0 Å². The highest BCUT2D eigenvalue weighted by atomic mass is 79.9. The molecule has 0 amide bonds. The highest BCUT2D eigenvalue weighted by molar-refractivity contribution is 9.10. The average molecular weight is 383 g/mol. The van der Waals surface area contributed by atoms with Crippen molar-refractivity contribution in [1.82, 2.24) is 0 Å². The first-order valence-corrected chi connectivity index (χ1v) is 7.41. The molecule has 2 aromatic rings. The van der Waals surface area contributed by atoms with E-state index in [-0.39, 0.29) is 11.1 Å².